The molecule has 0 aliphatic heterocycles. The largest absolute Gasteiger partial charge is 0.359 e. The highest BCUT2D eigenvalue weighted by Gasteiger charge is 2.08. The van der Waals surface area contributed by atoms with Gasteiger partial charge in [0.05, 0.1) is 5.39 Å². The van der Waals surface area contributed by atoms with Crippen molar-refractivity contribution in [3.63, 3.8) is 0 Å². The van der Waals surface area contributed by atoms with Crippen LogP contribution in [0.5, 0.6) is 0 Å². The number of aromatic amines is 2. The predicted molar refractivity (Wildman–Crippen MR) is 51.6 cm³/mol. The summed E-state index contributed by atoms with van der Waals surface area (Å²) in [5.74, 6) is 0.363. The Hall–Kier alpha value is -2.11. The molecule has 6 nitrogen and oxygen atoms in total. The Morgan fingerprint density at radius 3 is 3.00 bits per heavy atom. The van der Waals surface area contributed by atoms with Crippen LogP contribution in [0.1, 0.15) is 10.4 Å². The van der Waals surface area contributed by atoms with Gasteiger partial charge in [-0.3, -0.25) is 14.6 Å². The van der Waals surface area contributed by atoms with E-state index in [1.165, 1.54) is 6.20 Å². The van der Waals surface area contributed by atoms with Gasteiger partial charge in [0.25, 0.3) is 5.56 Å². The molecule has 0 unspecified atom stereocenters. The van der Waals surface area contributed by atoms with Gasteiger partial charge in [0, 0.05) is 18.8 Å². The van der Waals surface area contributed by atoms with E-state index in [1.54, 1.807) is 7.05 Å². The Morgan fingerprint density at radius 1 is 1.57 bits per heavy atom. The lowest BCUT2D eigenvalue weighted by molar-refractivity contribution is 0.112. The van der Waals surface area contributed by atoms with E-state index in [-0.39, 0.29) is 5.56 Å². The van der Waals surface area contributed by atoms with E-state index in [1.807, 2.05) is 0 Å². The number of aromatic nitrogens is 3. The summed E-state index contributed by atoms with van der Waals surface area (Å²) in [5.41, 5.74) is 0.388. The smallest absolute Gasteiger partial charge is 0.262 e. The van der Waals surface area contributed by atoms with Crippen molar-refractivity contribution in [1.29, 1.82) is 0 Å². The molecule has 0 saturated carbocycles. The lowest BCUT2D eigenvalue weighted by Crippen LogP contribution is -2.11. The van der Waals surface area contributed by atoms with Crippen LogP contribution < -0.4 is 10.9 Å². The molecule has 0 atom stereocenters. The van der Waals surface area contributed by atoms with Crippen LogP contribution in [0.2, 0.25) is 0 Å². The Labute approximate surface area is 78.4 Å². The van der Waals surface area contributed by atoms with Crippen molar-refractivity contribution in [2.24, 2.45) is 0 Å². The van der Waals surface area contributed by atoms with Gasteiger partial charge in [0.2, 0.25) is 5.95 Å². The molecule has 0 bridgehead atoms. The number of anilines is 1. The average molecular weight is 192 g/mol. The first-order chi connectivity index (χ1) is 6.76. The topological polar surface area (TPSA) is 90.6 Å². The minimum atomic E-state index is -0.331. The monoisotopic (exact) mass is 192 g/mol. The predicted octanol–water partition coefficient (Wildman–Crippen LogP) is 0.105. The van der Waals surface area contributed by atoms with Crippen molar-refractivity contribution in [3.8, 4) is 0 Å². The zero-order valence-corrected chi connectivity index (χ0v) is 7.42. The van der Waals surface area contributed by atoms with Gasteiger partial charge >= 0.3 is 0 Å². The third kappa shape index (κ3) is 1.08. The molecule has 2 heterocycles. The maximum absolute atomic E-state index is 11.5. The molecule has 0 aliphatic rings. The van der Waals surface area contributed by atoms with Crippen LogP contribution in [0.3, 0.4) is 0 Å². The quantitative estimate of drug-likeness (QED) is 0.589. The van der Waals surface area contributed by atoms with Gasteiger partial charge in [-0.2, -0.15) is 4.98 Å². The summed E-state index contributed by atoms with van der Waals surface area (Å²) in [5, 5.41) is 3.00. The van der Waals surface area contributed by atoms with Crippen LogP contribution in [0, 0.1) is 0 Å². The maximum Gasteiger partial charge on any atom is 0.262 e. The molecule has 2 aromatic rings. The molecule has 3 N–H and O–H groups in total. The lowest BCUT2D eigenvalue weighted by atomic mass is 10.3. The molecular weight excluding hydrogens is 184 g/mol. The summed E-state index contributed by atoms with van der Waals surface area (Å²) in [6.45, 7) is 0. The van der Waals surface area contributed by atoms with E-state index in [4.69, 9.17) is 0 Å². The molecule has 0 spiro atoms. The minimum absolute atomic E-state index is 0.291. The number of carbonyl (C=O) groups is 1. The van der Waals surface area contributed by atoms with Crippen LogP contribution in [-0.4, -0.2) is 28.3 Å². The van der Waals surface area contributed by atoms with Crippen LogP contribution in [0.15, 0.2) is 11.0 Å². The van der Waals surface area contributed by atoms with E-state index in [9.17, 15) is 9.59 Å². The molecule has 0 amide bonds. The van der Waals surface area contributed by atoms with Gasteiger partial charge < -0.3 is 10.3 Å². The summed E-state index contributed by atoms with van der Waals surface area (Å²) < 4.78 is 0. The molecule has 0 aliphatic carbocycles. The highest BCUT2D eigenvalue weighted by atomic mass is 16.1. The van der Waals surface area contributed by atoms with E-state index >= 15 is 0 Å². The van der Waals surface area contributed by atoms with Crippen molar-refractivity contribution in [2.45, 2.75) is 0 Å². The fraction of sp³-hybridized carbons (Fsp3) is 0.125. The number of rotatable bonds is 2. The van der Waals surface area contributed by atoms with Gasteiger partial charge in [0.1, 0.15) is 5.65 Å². The standard InChI is InChI=1S/C8H8N4O2/c1-9-8-11-6-5(7(14)12-8)4(3-13)2-10-6/h2-3H,1H3,(H3,9,10,11,12,14). The molecule has 2 aromatic heterocycles. The fourth-order valence-electron chi connectivity index (χ4n) is 1.28. The first-order valence-corrected chi connectivity index (χ1v) is 4.00. The number of H-pyrrole nitrogens is 2. The fourth-order valence-corrected chi connectivity index (χ4v) is 1.28. The summed E-state index contributed by atoms with van der Waals surface area (Å²) in [6.07, 6.45) is 2.08. The molecule has 0 saturated heterocycles. The molecule has 72 valence electrons. The number of carbonyl (C=O) groups excluding carboxylic acids is 1. The summed E-state index contributed by atoms with van der Waals surface area (Å²) >= 11 is 0. The first kappa shape index (κ1) is 8.49. The Bertz CT molecular complexity index is 540. The molecule has 0 radical (unpaired) electrons. The molecule has 0 aromatic carbocycles. The second-order valence-electron chi connectivity index (χ2n) is 2.75. The minimum Gasteiger partial charge on any atom is -0.359 e. The average Bonchev–Trinajstić information content (AvgIpc) is 2.61. The summed E-state index contributed by atoms with van der Waals surface area (Å²) in [4.78, 5) is 31.4. The maximum atomic E-state index is 11.5. The van der Waals surface area contributed by atoms with Gasteiger partial charge in [-0.25, -0.2) is 0 Å². The number of nitrogens with one attached hydrogen (secondary N) is 3. The van der Waals surface area contributed by atoms with Crippen molar-refractivity contribution in [3.05, 3.63) is 22.1 Å². The summed E-state index contributed by atoms with van der Waals surface area (Å²) in [6, 6.07) is 0. The Kier molecular flexibility index (Phi) is 1.81. The second-order valence-corrected chi connectivity index (χ2v) is 2.75. The van der Waals surface area contributed by atoms with Crippen molar-refractivity contribution in [2.75, 3.05) is 12.4 Å². The zero-order chi connectivity index (χ0) is 10.1. The van der Waals surface area contributed by atoms with E-state index in [2.05, 4.69) is 20.3 Å². The number of aldehydes is 1. The van der Waals surface area contributed by atoms with Gasteiger partial charge in [-0.05, 0) is 0 Å². The van der Waals surface area contributed by atoms with E-state index < -0.39 is 0 Å². The lowest BCUT2D eigenvalue weighted by Gasteiger charge is -1.97. The van der Waals surface area contributed by atoms with Crippen molar-refractivity contribution < 1.29 is 4.79 Å². The van der Waals surface area contributed by atoms with E-state index in [0.717, 1.165) is 0 Å². The van der Waals surface area contributed by atoms with Crippen molar-refractivity contribution >= 4 is 23.3 Å². The van der Waals surface area contributed by atoms with Gasteiger partial charge in [0.15, 0.2) is 6.29 Å². The van der Waals surface area contributed by atoms with Crippen LogP contribution in [0.4, 0.5) is 5.95 Å². The highest BCUT2D eigenvalue weighted by molar-refractivity contribution is 5.95. The molecule has 2 rings (SSSR count). The molecule has 0 fully saturated rings. The first-order valence-electron chi connectivity index (χ1n) is 4.00. The van der Waals surface area contributed by atoms with Gasteiger partial charge in [-0.15, -0.1) is 0 Å². The summed E-state index contributed by atoms with van der Waals surface area (Å²) in [7, 11) is 1.65. The van der Waals surface area contributed by atoms with Crippen LogP contribution in [0.25, 0.3) is 11.0 Å². The van der Waals surface area contributed by atoms with Crippen LogP contribution in [-0.2, 0) is 0 Å². The number of hydrogen-bond acceptors (Lipinski definition) is 4. The van der Waals surface area contributed by atoms with Crippen molar-refractivity contribution in [1.82, 2.24) is 15.0 Å². The molecule has 14 heavy (non-hydrogen) atoms. The SMILES string of the molecule is CNc1nc2[nH]cc(C=O)c2c(=O)[nH]1. The Morgan fingerprint density at radius 2 is 2.36 bits per heavy atom. The number of nitrogens with zero attached hydrogens (tertiary/aromatic N) is 1. The second kappa shape index (κ2) is 2.99. The highest BCUT2D eigenvalue weighted by Crippen LogP contribution is 2.10. The molecule has 6 heteroatoms. The van der Waals surface area contributed by atoms with Gasteiger partial charge in [-0.1, -0.05) is 0 Å². The van der Waals surface area contributed by atoms with Crippen LogP contribution >= 0.6 is 0 Å². The number of fused-ring (bicyclic) bond motifs is 1. The molecular formula is C8H8N4O2. The van der Waals surface area contributed by atoms with E-state index in [0.29, 0.717) is 28.8 Å². The third-order valence-electron chi connectivity index (χ3n) is 1.94. The Balaban J connectivity index is 2.86. The number of hydrogen-bond donors (Lipinski definition) is 3. The third-order valence-corrected chi connectivity index (χ3v) is 1.94. The normalized spacial score (nSPS) is 10.4. The zero-order valence-electron chi connectivity index (χ0n) is 7.42.